The van der Waals surface area contributed by atoms with Gasteiger partial charge in [-0.2, -0.15) is 0 Å². The Morgan fingerprint density at radius 3 is 3.14 bits per heavy atom. The van der Waals surface area contributed by atoms with Crippen molar-refractivity contribution in [1.82, 2.24) is 9.88 Å². The fourth-order valence-corrected chi connectivity index (χ4v) is 2.16. The molecule has 1 fully saturated rings. The van der Waals surface area contributed by atoms with Gasteiger partial charge in [0.1, 0.15) is 5.15 Å². The number of halogens is 1. The Balaban J connectivity index is 2.07. The van der Waals surface area contributed by atoms with Gasteiger partial charge >= 0.3 is 0 Å². The number of hydrogen-bond donors (Lipinski definition) is 0. The van der Waals surface area contributed by atoms with Gasteiger partial charge in [-0.15, -0.1) is 0 Å². The molecule has 0 spiro atoms. The Kier molecular flexibility index (Phi) is 3.04. The molecule has 1 aliphatic heterocycles. The summed E-state index contributed by atoms with van der Waals surface area (Å²) in [6, 6.07) is 4.69. The highest BCUT2D eigenvalue weighted by atomic mass is 35.5. The van der Waals surface area contributed by atoms with Crippen molar-refractivity contribution in [2.75, 3.05) is 6.54 Å². The van der Waals surface area contributed by atoms with Crippen molar-refractivity contribution in [2.45, 2.75) is 32.4 Å². The SMILES string of the molecule is CC1CCCN1Cc1cccnc1Cl. The van der Waals surface area contributed by atoms with E-state index in [1.165, 1.54) is 19.4 Å². The minimum absolute atomic E-state index is 0.645. The summed E-state index contributed by atoms with van der Waals surface area (Å²) in [4.78, 5) is 6.55. The Bertz CT molecular complexity index is 314. The molecule has 2 nitrogen and oxygen atoms in total. The quantitative estimate of drug-likeness (QED) is 0.698. The van der Waals surface area contributed by atoms with E-state index in [9.17, 15) is 0 Å². The molecule has 3 heteroatoms. The minimum Gasteiger partial charge on any atom is -0.296 e. The molecular formula is C11H15ClN2. The summed E-state index contributed by atoms with van der Waals surface area (Å²) in [6.45, 7) is 4.40. The van der Waals surface area contributed by atoms with Crippen molar-refractivity contribution in [1.29, 1.82) is 0 Å². The van der Waals surface area contributed by atoms with Crippen LogP contribution in [0.4, 0.5) is 0 Å². The Morgan fingerprint density at radius 2 is 2.50 bits per heavy atom. The van der Waals surface area contributed by atoms with E-state index < -0.39 is 0 Å². The first-order chi connectivity index (χ1) is 6.77. The number of pyridine rings is 1. The van der Waals surface area contributed by atoms with Crippen molar-refractivity contribution >= 4 is 11.6 Å². The van der Waals surface area contributed by atoms with Gasteiger partial charge in [-0.3, -0.25) is 4.90 Å². The van der Waals surface area contributed by atoms with E-state index >= 15 is 0 Å². The van der Waals surface area contributed by atoms with Crippen LogP contribution in [0.2, 0.25) is 5.15 Å². The zero-order chi connectivity index (χ0) is 9.97. The lowest BCUT2D eigenvalue weighted by Gasteiger charge is -2.20. The van der Waals surface area contributed by atoms with Crippen molar-refractivity contribution < 1.29 is 0 Å². The molecule has 2 heterocycles. The van der Waals surface area contributed by atoms with Gasteiger partial charge in [0.05, 0.1) is 0 Å². The summed E-state index contributed by atoms with van der Waals surface area (Å²) in [5.41, 5.74) is 1.14. The molecule has 1 aliphatic rings. The number of aromatic nitrogens is 1. The normalized spacial score (nSPS) is 22.9. The first kappa shape index (κ1) is 9.94. The van der Waals surface area contributed by atoms with Gasteiger partial charge in [0.15, 0.2) is 0 Å². The van der Waals surface area contributed by atoms with Crippen LogP contribution in [-0.4, -0.2) is 22.5 Å². The third-order valence-corrected chi connectivity index (χ3v) is 3.24. The van der Waals surface area contributed by atoms with E-state index in [0.717, 1.165) is 12.1 Å². The predicted molar refractivity (Wildman–Crippen MR) is 58.4 cm³/mol. The van der Waals surface area contributed by atoms with Gasteiger partial charge in [-0.1, -0.05) is 17.7 Å². The third-order valence-electron chi connectivity index (χ3n) is 2.90. The summed E-state index contributed by atoms with van der Waals surface area (Å²) < 4.78 is 0. The topological polar surface area (TPSA) is 16.1 Å². The molecule has 14 heavy (non-hydrogen) atoms. The highest BCUT2D eigenvalue weighted by molar-refractivity contribution is 6.30. The Labute approximate surface area is 89.9 Å². The predicted octanol–water partition coefficient (Wildman–Crippen LogP) is 2.72. The zero-order valence-electron chi connectivity index (χ0n) is 8.41. The monoisotopic (exact) mass is 210 g/mol. The molecule has 1 atom stereocenters. The lowest BCUT2D eigenvalue weighted by molar-refractivity contribution is 0.260. The molecule has 0 bridgehead atoms. The molecule has 0 aliphatic carbocycles. The molecule has 0 amide bonds. The summed E-state index contributed by atoms with van der Waals surface area (Å²) in [6.07, 6.45) is 4.34. The molecule has 1 aromatic heterocycles. The summed E-state index contributed by atoms with van der Waals surface area (Å²) in [7, 11) is 0. The van der Waals surface area contributed by atoms with Crippen LogP contribution < -0.4 is 0 Å². The average molecular weight is 211 g/mol. The Morgan fingerprint density at radius 1 is 1.64 bits per heavy atom. The van der Waals surface area contributed by atoms with Gasteiger partial charge < -0.3 is 0 Å². The minimum atomic E-state index is 0.645. The molecule has 76 valence electrons. The molecule has 2 rings (SSSR count). The Hall–Kier alpha value is -0.600. The summed E-state index contributed by atoms with van der Waals surface area (Å²) >= 11 is 6.01. The lowest BCUT2D eigenvalue weighted by Crippen LogP contribution is -2.26. The standard InChI is InChI=1S/C11H15ClN2/c1-9-4-3-7-14(9)8-10-5-2-6-13-11(10)12/h2,5-6,9H,3-4,7-8H2,1H3. The van der Waals surface area contributed by atoms with E-state index in [-0.39, 0.29) is 0 Å². The van der Waals surface area contributed by atoms with Crippen LogP contribution in [0.1, 0.15) is 25.3 Å². The first-order valence-electron chi connectivity index (χ1n) is 5.11. The number of rotatable bonds is 2. The van der Waals surface area contributed by atoms with Gasteiger partial charge in [0.25, 0.3) is 0 Å². The second-order valence-corrected chi connectivity index (χ2v) is 4.27. The molecule has 0 radical (unpaired) electrons. The van der Waals surface area contributed by atoms with Crippen LogP contribution in [0.25, 0.3) is 0 Å². The molecule has 1 aromatic rings. The smallest absolute Gasteiger partial charge is 0.133 e. The van der Waals surface area contributed by atoms with Crippen molar-refractivity contribution in [3.63, 3.8) is 0 Å². The zero-order valence-corrected chi connectivity index (χ0v) is 9.17. The number of hydrogen-bond acceptors (Lipinski definition) is 2. The van der Waals surface area contributed by atoms with Gasteiger partial charge in [0, 0.05) is 24.3 Å². The second kappa shape index (κ2) is 4.28. The second-order valence-electron chi connectivity index (χ2n) is 3.92. The highest BCUT2D eigenvalue weighted by Gasteiger charge is 2.20. The van der Waals surface area contributed by atoms with Crippen LogP contribution >= 0.6 is 11.6 Å². The van der Waals surface area contributed by atoms with Crippen LogP contribution in [0, 0.1) is 0 Å². The molecule has 0 aromatic carbocycles. The third kappa shape index (κ3) is 2.07. The van der Waals surface area contributed by atoms with Crippen LogP contribution in [-0.2, 0) is 6.54 Å². The maximum atomic E-state index is 6.01. The maximum Gasteiger partial charge on any atom is 0.133 e. The van der Waals surface area contributed by atoms with Crippen molar-refractivity contribution in [3.05, 3.63) is 29.0 Å². The summed E-state index contributed by atoms with van der Waals surface area (Å²) in [5, 5.41) is 0.645. The van der Waals surface area contributed by atoms with E-state index in [4.69, 9.17) is 11.6 Å². The first-order valence-corrected chi connectivity index (χ1v) is 5.48. The molecule has 0 N–H and O–H groups in total. The molecular weight excluding hydrogens is 196 g/mol. The van der Waals surface area contributed by atoms with Gasteiger partial charge in [-0.05, 0) is 32.4 Å². The largest absolute Gasteiger partial charge is 0.296 e. The number of nitrogens with zero attached hydrogens (tertiary/aromatic N) is 2. The van der Waals surface area contributed by atoms with E-state index in [2.05, 4.69) is 22.9 Å². The lowest BCUT2D eigenvalue weighted by atomic mass is 10.2. The molecule has 1 saturated heterocycles. The maximum absolute atomic E-state index is 6.01. The van der Waals surface area contributed by atoms with E-state index in [1.54, 1.807) is 6.20 Å². The fraction of sp³-hybridized carbons (Fsp3) is 0.545. The van der Waals surface area contributed by atoms with Gasteiger partial charge in [0.2, 0.25) is 0 Å². The fourth-order valence-electron chi connectivity index (χ4n) is 1.98. The average Bonchev–Trinajstić information content (AvgIpc) is 2.56. The number of likely N-dealkylation sites (tertiary alicyclic amines) is 1. The van der Waals surface area contributed by atoms with E-state index in [0.29, 0.717) is 11.2 Å². The van der Waals surface area contributed by atoms with Crippen molar-refractivity contribution in [2.24, 2.45) is 0 Å². The summed E-state index contributed by atoms with van der Waals surface area (Å²) in [5.74, 6) is 0. The molecule has 0 saturated carbocycles. The van der Waals surface area contributed by atoms with Crippen LogP contribution in [0.15, 0.2) is 18.3 Å². The highest BCUT2D eigenvalue weighted by Crippen LogP contribution is 2.21. The van der Waals surface area contributed by atoms with Crippen LogP contribution in [0.5, 0.6) is 0 Å². The van der Waals surface area contributed by atoms with E-state index in [1.807, 2.05) is 6.07 Å². The molecule has 1 unspecified atom stereocenters. The van der Waals surface area contributed by atoms with Crippen LogP contribution in [0.3, 0.4) is 0 Å². The van der Waals surface area contributed by atoms with Gasteiger partial charge in [-0.25, -0.2) is 4.98 Å². The van der Waals surface area contributed by atoms with Crippen molar-refractivity contribution in [3.8, 4) is 0 Å².